The largest absolute Gasteiger partial charge is 0.452 e. The third-order valence-corrected chi connectivity index (χ3v) is 2.98. The van der Waals surface area contributed by atoms with Crippen LogP contribution >= 0.6 is 23.2 Å². The van der Waals surface area contributed by atoms with Crippen LogP contribution in [-0.2, 0) is 14.3 Å². The SMILES string of the molecule is CC(C)CNC(=O)COC(=O)/C=C/c1ccc(Cl)cc1Cl. The highest BCUT2D eigenvalue weighted by Crippen LogP contribution is 2.21. The molecule has 0 heterocycles. The Labute approximate surface area is 134 Å². The first-order chi connectivity index (χ1) is 9.88. The van der Waals surface area contributed by atoms with Crippen LogP contribution in [0.5, 0.6) is 0 Å². The van der Waals surface area contributed by atoms with Crippen molar-refractivity contribution in [1.29, 1.82) is 0 Å². The second kappa shape index (κ2) is 8.70. The second-order valence-electron chi connectivity index (χ2n) is 4.80. The zero-order valence-electron chi connectivity index (χ0n) is 11.9. The monoisotopic (exact) mass is 329 g/mol. The second-order valence-corrected chi connectivity index (χ2v) is 5.65. The van der Waals surface area contributed by atoms with Crippen molar-refractivity contribution in [3.05, 3.63) is 39.9 Å². The molecule has 0 aromatic heterocycles. The maximum Gasteiger partial charge on any atom is 0.331 e. The molecule has 0 bridgehead atoms. The van der Waals surface area contributed by atoms with Crippen LogP contribution in [0.3, 0.4) is 0 Å². The molecule has 1 aromatic rings. The number of amides is 1. The van der Waals surface area contributed by atoms with E-state index in [0.29, 0.717) is 28.1 Å². The minimum Gasteiger partial charge on any atom is -0.452 e. The molecule has 0 aliphatic carbocycles. The lowest BCUT2D eigenvalue weighted by atomic mass is 10.2. The van der Waals surface area contributed by atoms with Crippen LogP contribution in [0.4, 0.5) is 0 Å². The predicted octanol–water partition coefficient (Wildman–Crippen LogP) is 3.32. The van der Waals surface area contributed by atoms with Crippen LogP contribution in [-0.4, -0.2) is 25.0 Å². The van der Waals surface area contributed by atoms with Crippen molar-refractivity contribution in [2.75, 3.05) is 13.2 Å². The quantitative estimate of drug-likeness (QED) is 0.643. The van der Waals surface area contributed by atoms with E-state index in [1.807, 2.05) is 13.8 Å². The van der Waals surface area contributed by atoms with Crippen LogP contribution < -0.4 is 5.32 Å². The summed E-state index contributed by atoms with van der Waals surface area (Å²) in [6.07, 6.45) is 2.72. The summed E-state index contributed by atoms with van der Waals surface area (Å²) in [5.41, 5.74) is 0.641. The first-order valence-corrected chi connectivity index (χ1v) is 7.20. The molecule has 0 saturated carbocycles. The van der Waals surface area contributed by atoms with Crippen LogP contribution in [0, 0.1) is 5.92 Å². The Hall–Kier alpha value is -1.52. The Bertz CT molecular complexity index is 542. The molecule has 0 unspecified atom stereocenters. The fourth-order valence-corrected chi connectivity index (χ4v) is 1.82. The first kappa shape index (κ1) is 17.5. The Morgan fingerprint density at radius 2 is 2.05 bits per heavy atom. The van der Waals surface area contributed by atoms with Gasteiger partial charge in [-0.05, 0) is 29.7 Å². The Morgan fingerprint density at radius 3 is 2.67 bits per heavy atom. The van der Waals surface area contributed by atoms with Gasteiger partial charge in [-0.1, -0.05) is 43.1 Å². The van der Waals surface area contributed by atoms with Crippen molar-refractivity contribution >= 4 is 41.2 Å². The summed E-state index contributed by atoms with van der Waals surface area (Å²) >= 11 is 11.7. The zero-order chi connectivity index (χ0) is 15.8. The van der Waals surface area contributed by atoms with Crippen molar-refractivity contribution in [2.45, 2.75) is 13.8 Å². The standard InChI is InChI=1S/C15H17Cl2NO3/c1-10(2)8-18-14(19)9-21-15(20)6-4-11-3-5-12(16)7-13(11)17/h3-7,10H,8-9H2,1-2H3,(H,18,19)/b6-4+. The Morgan fingerprint density at radius 1 is 1.33 bits per heavy atom. The molecular formula is C15H17Cl2NO3. The number of carbonyl (C=O) groups is 2. The van der Waals surface area contributed by atoms with Gasteiger partial charge in [0, 0.05) is 22.7 Å². The zero-order valence-corrected chi connectivity index (χ0v) is 13.4. The van der Waals surface area contributed by atoms with Crippen molar-refractivity contribution < 1.29 is 14.3 Å². The molecule has 1 aromatic carbocycles. The Balaban J connectivity index is 2.43. The molecule has 6 heteroatoms. The minimum atomic E-state index is -0.610. The molecular weight excluding hydrogens is 313 g/mol. The van der Waals surface area contributed by atoms with Gasteiger partial charge < -0.3 is 10.1 Å². The highest BCUT2D eigenvalue weighted by atomic mass is 35.5. The fourth-order valence-electron chi connectivity index (χ4n) is 1.35. The summed E-state index contributed by atoms with van der Waals surface area (Å²) in [6.45, 7) is 4.20. The van der Waals surface area contributed by atoms with Crippen LogP contribution in [0.25, 0.3) is 6.08 Å². The van der Waals surface area contributed by atoms with Crippen LogP contribution in [0.2, 0.25) is 10.0 Å². The molecule has 0 atom stereocenters. The molecule has 21 heavy (non-hydrogen) atoms. The number of hydrogen-bond donors (Lipinski definition) is 1. The molecule has 0 fully saturated rings. The van der Waals surface area contributed by atoms with E-state index in [1.165, 1.54) is 12.2 Å². The molecule has 1 amide bonds. The van der Waals surface area contributed by atoms with Gasteiger partial charge in [0.05, 0.1) is 0 Å². The lowest BCUT2D eigenvalue weighted by Crippen LogP contribution is -2.31. The average molecular weight is 330 g/mol. The normalized spacial score (nSPS) is 10.9. The van der Waals surface area contributed by atoms with Gasteiger partial charge in [0.25, 0.3) is 5.91 Å². The van der Waals surface area contributed by atoms with Crippen molar-refractivity contribution in [1.82, 2.24) is 5.32 Å². The summed E-state index contributed by atoms with van der Waals surface area (Å²) in [7, 11) is 0. The van der Waals surface area contributed by atoms with Gasteiger partial charge in [0.1, 0.15) is 0 Å². The molecule has 0 aliphatic heterocycles. The van der Waals surface area contributed by atoms with Crippen molar-refractivity contribution in [2.24, 2.45) is 5.92 Å². The van der Waals surface area contributed by atoms with E-state index < -0.39 is 5.97 Å². The minimum absolute atomic E-state index is 0.301. The highest BCUT2D eigenvalue weighted by Gasteiger charge is 2.05. The maximum atomic E-state index is 11.5. The van der Waals surface area contributed by atoms with Gasteiger partial charge in [-0.25, -0.2) is 4.79 Å². The van der Waals surface area contributed by atoms with E-state index in [9.17, 15) is 9.59 Å². The maximum absolute atomic E-state index is 11.5. The lowest BCUT2D eigenvalue weighted by molar-refractivity contribution is -0.143. The molecule has 0 spiro atoms. The number of ether oxygens (including phenoxy) is 1. The topological polar surface area (TPSA) is 55.4 Å². The highest BCUT2D eigenvalue weighted by molar-refractivity contribution is 6.35. The van der Waals surface area contributed by atoms with Gasteiger partial charge in [-0.3, -0.25) is 4.79 Å². The van der Waals surface area contributed by atoms with E-state index >= 15 is 0 Å². The van der Waals surface area contributed by atoms with E-state index in [4.69, 9.17) is 27.9 Å². The van der Waals surface area contributed by atoms with Crippen molar-refractivity contribution in [3.8, 4) is 0 Å². The molecule has 1 rings (SSSR count). The summed E-state index contributed by atoms with van der Waals surface area (Å²) in [6, 6.07) is 4.93. The fraction of sp³-hybridized carbons (Fsp3) is 0.333. The first-order valence-electron chi connectivity index (χ1n) is 6.45. The molecule has 0 radical (unpaired) electrons. The molecule has 4 nitrogen and oxygen atoms in total. The van der Waals surface area contributed by atoms with Crippen LogP contribution in [0.15, 0.2) is 24.3 Å². The van der Waals surface area contributed by atoms with Gasteiger partial charge in [0.2, 0.25) is 0 Å². The van der Waals surface area contributed by atoms with Gasteiger partial charge >= 0.3 is 5.97 Å². The molecule has 114 valence electrons. The van der Waals surface area contributed by atoms with Gasteiger partial charge in [-0.2, -0.15) is 0 Å². The summed E-state index contributed by atoms with van der Waals surface area (Å²) in [4.78, 5) is 22.8. The van der Waals surface area contributed by atoms with E-state index in [0.717, 1.165) is 0 Å². The number of nitrogens with one attached hydrogen (secondary N) is 1. The molecule has 1 N–H and O–H groups in total. The third-order valence-electron chi connectivity index (χ3n) is 2.41. The number of halogens is 2. The average Bonchev–Trinajstić information content (AvgIpc) is 2.41. The number of rotatable bonds is 6. The number of esters is 1. The van der Waals surface area contributed by atoms with Crippen LogP contribution in [0.1, 0.15) is 19.4 Å². The Kier molecular flexibility index (Phi) is 7.26. The number of carbonyl (C=O) groups excluding carboxylic acids is 2. The molecule has 0 saturated heterocycles. The van der Waals surface area contributed by atoms with E-state index in [1.54, 1.807) is 18.2 Å². The van der Waals surface area contributed by atoms with Crippen molar-refractivity contribution in [3.63, 3.8) is 0 Å². The van der Waals surface area contributed by atoms with Gasteiger partial charge in [-0.15, -0.1) is 0 Å². The third kappa shape index (κ3) is 7.16. The molecule has 0 aliphatic rings. The number of benzene rings is 1. The summed E-state index contributed by atoms with van der Waals surface area (Å²) in [5.74, 6) is -0.590. The lowest BCUT2D eigenvalue weighted by Gasteiger charge is -2.07. The van der Waals surface area contributed by atoms with E-state index in [2.05, 4.69) is 5.32 Å². The summed E-state index contributed by atoms with van der Waals surface area (Å²) in [5, 5.41) is 3.60. The number of hydrogen-bond acceptors (Lipinski definition) is 3. The van der Waals surface area contributed by atoms with Gasteiger partial charge in [0.15, 0.2) is 6.61 Å². The summed E-state index contributed by atoms with van der Waals surface area (Å²) < 4.78 is 4.81. The smallest absolute Gasteiger partial charge is 0.331 e. The predicted molar refractivity (Wildman–Crippen MR) is 84.3 cm³/mol. The van der Waals surface area contributed by atoms with E-state index in [-0.39, 0.29) is 12.5 Å².